The van der Waals surface area contributed by atoms with E-state index in [2.05, 4.69) is 15.6 Å². The normalized spacial score (nSPS) is 13.6. The summed E-state index contributed by atoms with van der Waals surface area (Å²) in [4.78, 5) is 31.1. The molecule has 0 radical (unpaired) electrons. The number of esters is 1. The monoisotopic (exact) mass is 679 g/mol. The summed E-state index contributed by atoms with van der Waals surface area (Å²) in [5, 5.41) is 5.64. The minimum absolute atomic E-state index is 0.000154. The molecule has 0 aliphatic carbocycles. The van der Waals surface area contributed by atoms with Gasteiger partial charge in [0.05, 0.1) is 49.5 Å². The zero-order valence-electron chi connectivity index (χ0n) is 25.2. The number of hydrogen-bond acceptors (Lipinski definition) is 10. The lowest BCUT2D eigenvalue weighted by atomic mass is 10.2. The van der Waals surface area contributed by atoms with Crippen LogP contribution in [0, 0.1) is 5.82 Å². The van der Waals surface area contributed by atoms with Crippen LogP contribution < -0.4 is 19.7 Å². The molecule has 4 rings (SSSR count). The van der Waals surface area contributed by atoms with Crippen molar-refractivity contribution in [3.8, 4) is 5.75 Å². The minimum atomic E-state index is -4.47. The number of nitrogens with one attached hydrogen (secondary N) is 2. The van der Waals surface area contributed by atoms with Gasteiger partial charge in [-0.3, -0.25) is 9.10 Å². The summed E-state index contributed by atoms with van der Waals surface area (Å²) in [5.74, 6) is -1.79. The fraction of sp³-hybridized carbons (Fsp3) is 0.379. The number of carbonyl (C=O) groups excluding carboxylic acids is 2. The van der Waals surface area contributed by atoms with Gasteiger partial charge in [-0.2, -0.15) is 0 Å². The number of methoxy groups -OCH3 is 1. The molecule has 1 amide bonds. The van der Waals surface area contributed by atoms with Crippen molar-refractivity contribution < 1.29 is 36.6 Å². The lowest BCUT2D eigenvalue weighted by molar-refractivity contribution is -0.115. The summed E-state index contributed by atoms with van der Waals surface area (Å²) >= 11 is 6.23. The number of amides is 1. The molecule has 1 saturated heterocycles. The van der Waals surface area contributed by atoms with E-state index in [0.29, 0.717) is 42.7 Å². The highest BCUT2D eigenvalue weighted by molar-refractivity contribution is 7.93. The number of anilines is 2. The Bertz CT molecular complexity index is 1640. The molecule has 2 N–H and O–H groups in total. The van der Waals surface area contributed by atoms with E-state index in [-0.39, 0.29) is 29.5 Å². The van der Waals surface area contributed by atoms with Crippen molar-refractivity contribution in [2.24, 2.45) is 0 Å². The average Bonchev–Trinajstić information content (AvgIpc) is 3.49. The summed E-state index contributed by atoms with van der Waals surface area (Å²) < 4.78 is 60.3. The smallest absolute Gasteiger partial charge is 0.360 e. The molecule has 2 heterocycles. The van der Waals surface area contributed by atoms with Gasteiger partial charge in [0.25, 0.3) is 10.0 Å². The lowest BCUT2D eigenvalue weighted by Crippen LogP contribution is -2.47. The first kappa shape index (κ1) is 34.0. The standard InChI is InChI=1S/C29H34FN5O7S3/c1-29(2,3)42-27(37)25-26(44-18-32-25)35(17-19-5-7-20(40-4)8-6-19)45(38,39)21-9-10-23(22(30)15-21)33-24(36)16-31-28(43)34-11-13-41-14-12-34/h5-10,15,18H,11-14,16-17H2,1-4H3,(H,31,43)(H,33,36). The Labute approximate surface area is 270 Å². The maximum Gasteiger partial charge on any atom is 0.360 e. The van der Waals surface area contributed by atoms with E-state index >= 15 is 4.39 Å². The topological polar surface area (TPSA) is 139 Å². The number of hydrogen-bond donors (Lipinski definition) is 2. The number of benzene rings is 2. The van der Waals surface area contributed by atoms with Crippen LogP contribution in [0.1, 0.15) is 36.8 Å². The first-order valence-electron chi connectivity index (χ1n) is 13.8. The number of thiocarbonyl (C=S) groups is 1. The van der Waals surface area contributed by atoms with Crippen LogP contribution in [-0.2, 0) is 30.8 Å². The number of halogens is 1. The van der Waals surface area contributed by atoms with Crippen LogP contribution in [0.25, 0.3) is 0 Å². The lowest BCUT2D eigenvalue weighted by Gasteiger charge is -2.29. The second-order valence-corrected chi connectivity index (χ2v) is 13.9. The molecule has 45 heavy (non-hydrogen) atoms. The summed E-state index contributed by atoms with van der Waals surface area (Å²) in [6, 6.07) is 9.83. The van der Waals surface area contributed by atoms with Gasteiger partial charge in [0.1, 0.15) is 22.2 Å². The van der Waals surface area contributed by atoms with Crippen LogP contribution in [0.2, 0.25) is 0 Å². The van der Waals surface area contributed by atoms with Crippen molar-refractivity contribution in [1.82, 2.24) is 15.2 Å². The van der Waals surface area contributed by atoms with Gasteiger partial charge in [-0.1, -0.05) is 12.1 Å². The van der Waals surface area contributed by atoms with Gasteiger partial charge in [0.15, 0.2) is 10.8 Å². The summed E-state index contributed by atoms with van der Waals surface area (Å²) in [6.07, 6.45) is 0. The van der Waals surface area contributed by atoms with Crippen molar-refractivity contribution in [1.29, 1.82) is 0 Å². The molecule has 1 aromatic heterocycles. The van der Waals surface area contributed by atoms with Crippen LogP contribution in [0.15, 0.2) is 52.9 Å². The summed E-state index contributed by atoms with van der Waals surface area (Å²) in [5.41, 5.74) is 0.633. The third-order valence-electron chi connectivity index (χ3n) is 6.35. The second-order valence-electron chi connectivity index (χ2n) is 10.8. The number of ether oxygens (including phenoxy) is 3. The van der Waals surface area contributed by atoms with E-state index in [0.717, 1.165) is 27.8 Å². The fourth-order valence-electron chi connectivity index (χ4n) is 4.16. The van der Waals surface area contributed by atoms with Gasteiger partial charge in [0.2, 0.25) is 5.91 Å². The van der Waals surface area contributed by atoms with Gasteiger partial charge in [-0.15, -0.1) is 11.3 Å². The second kappa shape index (κ2) is 14.5. The van der Waals surface area contributed by atoms with Crippen molar-refractivity contribution >= 4 is 61.3 Å². The molecule has 0 atom stereocenters. The third-order valence-corrected chi connectivity index (χ3v) is 9.46. The zero-order valence-corrected chi connectivity index (χ0v) is 27.6. The van der Waals surface area contributed by atoms with Crippen LogP contribution in [0.4, 0.5) is 15.1 Å². The summed E-state index contributed by atoms with van der Waals surface area (Å²) in [6.45, 7) is 6.85. The molecule has 2 aromatic carbocycles. The first-order chi connectivity index (χ1) is 21.3. The van der Waals surface area contributed by atoms with Gasteiger partial charge in [-0.05, 0) is 68.9 Å². The van der Waals surface area contributed by atoms with E-state index in [1.807, 2.05) is 4.90 Å². The number of nitrogens with zero attached hydrogens (tertiary/aromatic N) is 3. The van der Waals surface area contributed by atoms with Gasteiger partial charge >= 0.3 is 5.97 Å². The Morgan fingerprint density at radius 1 is 1.16 bits per heavy atom. The van der Waals surface area contributed by atoms with E-state index in [1.165, 1.54) is 18.7 Å². The molecule has 3 aromatic rings. The van der Waals surface area contributed by atoms with Crippen molar-refractivity contribution in [3.63, 3.8) is 0 Å². The predicted octanol–water partition coefficient (Wildman–Crippen LogP) is 3.79. The highest BCUT2D eigenvalue weighted by Gasteiger charge is 2.33. The predicted molar refractivity (Wildman–Crippen MR) is 172 cm³/mol. The van der Waals surface area contributed by atoms with E-state index in [9.17, 15) is 18.0 Å². The molecule has 0 spiro atoms. The maximum absolute atomic E-state index is 15.3. The van der Waals surface area contributed by atoms with E-state index < -0.39 is 38.2 Å². The molecule has 1 aliphatic rings. The van der Waals surface area contributed by atoms with Gasteiger partial charge in [0, 0.05) is 13.1 Å². The number of carbonyl (C=O) groups is 2. The molecule has 0 unspecified atom stereocenters. The Morgan fingerprint density at radius 2 is 1.84 bits per heavy atom. The molecule has 0 saturated carbocycles. The molecule has 1 fully saturated rings. The van der Waals surface area contributed by atoms with E-state index in [1.54, 1.807) is 45.0 Å². The van der Waals surface area contributed by atoms with Gasteiger partial charge < -0.3 is 29.7 Å². The molecule has 16 heteroatoms. The average molecular weight is 680 g/mol. The minimum Gasteiger partial charge on any atom is -0.497 e. The highest BCUT2D eigenvalue weighted by atomic mass is 32.2. The molecule has 242 valence electrons. The van der Waals surface area contributed by atoms with Crippen molar-refractivity contribution in [3.05, 3.63) is 65.0 Å². The summed E-state index contributed by atoms with van der Waals surface area (Å²) in [7, 11) is -2.96. The Hall–Kier alpha value is -3.86. The molecule has 0 bridgehead atoms. The fourth-order valence-corrected chi connectivity index (χ4v) is 6.90. The Morgan fingerprint density at radius 3 is 2.47 bits per heavy atom. The number of aromatic nitrogens is 1. The number of sulfonamides is 1. The maximum atomic E-state index is 15.3. The largest absolute Gasteiger partial charge is 0.497 e. The van der Waals surface area contributed by atoms with Crippen LogP contribution in [-0.4, -0.2) is 80.8 Å². The van der Waals surface area contributed by atoms with Crippen molar-refractivity contribution in [2.45, 2.75) is 37.8 Å². The van der Waals surface area contributed by atoms with Crippen molar-refractivity contribution in [2.75, 3.05) is 49.6 Å². The highest BCUT2D eigenvalue weighted by Crippen LogP contribution is 2.34. The van der Waals surface area contributed by atoms with Gasteiger partial charge in [-0.25, -0.2) is 22.6 Å². The van der Waals surface area contributed by atoms with Crippen LogP contribution in [0.5, 0.6) is 5.75 Å². The quantitative estimate of drug-likeness (QED) is 0.239. The number of thiazole rings is 1. The zero-order chi connectivity index (χ0) is 32.8. The van der Waals surface area contributed by atoms with Crippen LogP contribution >= 0.6 is 23.6 Å². The molecular formula is C29H34FN5O7S3. The Balaban J connectivity index is 1.58. The van der Waals surface area contributed by atoms with Crippen LogP contribution in [0.3, 0.4) is 0 Å². The Kier molecular flexibility index (Phi) is 11.0. The molecule has 1 aliphatic heterocycles. The third kappa shape index (κ3) is 8.87. The van der Waals surface area contributed by atoms with E-state index in [4.69, 9.17) is 26.4 Å². The molecular weight excluding hydrogens is 646 g/mol. The first-order valence-corrected chi connectivity index (χ1v) is 16.5. The molecule has 12 nitrogen and oxygen atoms in total. The number of morpholine rings is 1. The SMILES string of the molecule is COc1ccc(CN(c2scnc2C(=O)OC(C)(C)C)S(=O)(=O)c2ccc(NC(=O)CNC(=S)N3CCOCC3)c(F)c2)cc1. The number of rotatable bonds is 10.